The first kappa shape index (κ1) is 14.0. The number of rotatable bonds is 2. The smallest absolute Gasteiger partial charge is 0.305 e. The number of methoxy groups -OCH3 is 1. The Morgan fingerprint density at radius 1 is 1.29 bits per heavy atom. The molecule has 1 unspecified atom stereocenters. The molecule has 0 saturated carbocycles. The van der Waals surface area contributed by atoms with E-state index >= 15 is 0 Å². The maximum absolute atomic E-state index is 6.22. The number of aromatic nitrogens is 2. The summed E-state index contributed by atoms with van der Waals surface area (Å²) in [7, 11) is 1.57. The summed E-state index contributed by atoms with van der Waals surface area (Å²) in [5.41, 5.74) is 0.911. The molecule has 3 fully saturated rings. The first-order valence-corrected chi connectivity index (χ1v) is 8.28. The van der Waals surface area contributed by atoms with Crippen molar-refractivity contribution in [2.45, 2.75) is 18.4 Å². The Morgan fingerprint density at radius 2 is 2.17 bits per heavy atom. The number of nitrogens with zero attached hydrogens (tertiary/aromatic N) is 4. The number of ether oxygens (including phenoxy) is 2. The van der Waals surface area contributed by atoms with Crippen LogP contribution in [0.3, 0.4) is 0 Å². The van der Waals surface area contributed by atoms with Gasteiger partial charge < -0.3 is 13.9 Å². The molecule has 4 aliphatic rings. The Balaban J connectivity index is 1.34. The largest absolute Gasteiger partial charge is 0.481 e. The number of oxazole rings is 1. The van der Waals surface area contributed by atoms with Gasteiger partial charge in [0.05, 0.1) is 13.7 Å². The number of hydrogen-bond acceptors (Lipinski definition) is 8. The van der Waals surface area contributed by atoms with Crippen molar-refractivity contribution in [1.29, 1.82) is 0 Å². The van der Waals surface area contributed by atoms with Crippen molar-refractivity contribution in [3.63, 3.8) is 0 Å². The van der Waals surface area contributed by atoms with Crippen molar-refractivity contribution in [2.75, 3.05) is 38.6 Å². The molecule has 0 aromatic carbocycles. The number of aliphatic imine (C=N–C) groups is 1. The normalized spacial score (nSPS) is 31.3. The minimum atomic E-state index is -0.174. The van der Waals surface area contributed by atoms with Crippen LogP contribution in [0.2, 0.25) is 0 Å². The van der Waals surface area contributed by atoms with Crippen LogP contribution in [0.5, 0.6) is 5.88 Å². The Bertz CT molecular complexity index is 811. The summed E-state index contributed by atoms with van der Waals surface area (Å²) in [5.74, 6) is 1.08. The topological polar surface area (TPSA) is 85.0 Å². The van der Waals surface area contributed by atoms with E-state index in [1.807, 2.05) is 6.07 Å². The molecule has 2 bridgehead atoms. The number of amidine groups is 1. The van der Waals surface area contributed by atoms with E-state index in [1.165, 1.54) is 25.9 Å². The molecule has 126 valence electrons. The van der Waals surface area contributed by atoms with Crippen LogP contribution in [0.4, 0.5) is 6.01 Å². The third-order valence-electron chi connectivity index (χ3n) is 5.27. The zero-order valence-electron chi connectivity index (χ0n) is 13.5. The molecular weight excluding hydrogens is 310 g/mol. The highest BCUT2D eigenvalue weighted by Crippen LogP contribution is 2.40. The van der Waals surface area contributed by atoms with Gasteiger partial charge in [0.15, 0.2) is 0 Å². The van der Waals surface area contributed by atoms with Gasteiger partial charge in [0.25, 0.3) is 11.7 Å². The average molecular weight is 329 g/mol. The number of nitrogens with one attached hydrogen (secondary N) is 1. The summed E-state index contributed by atoms with van der Waals surface area (Å²) in [6, 6.07) is 4.38. The molecule has 1 atom stereocenters. The lowest BCUT2D eigenvalue weighted by molar-refractivity contribution is -0.0829. The van der Waals surface area contributed by atoms with Gasteiger partial charge in [-0.2, -0.15) is 9.97 Å². The van der Waals surface area contributed by atoms with Crippen molar-refractivity contribution in [1.82, 2.24) is 14.9 Å². The minimum Gasteiger partial charge on any atom is -0.481 e. The quantitative estimate of drug-likeness (QED) is 0.893. The molecule has 4 aliphatic heterocycles. The number of fused-ring (bicyclic) bond motifs is 3. The zero-order chi connectivity index (χ0) is 16.1. The SMILES string of the molecule is COc1ccc2nc(NC3=NCC4(CN5CCC4CC5)O3)oc2n1. The predicted molar refractivity (Wildman–Crippen MR) is 87.3 cm³/mol. The average Bonchev–Trinajstić information content (AvgIpc) is 3.19. The van der Waals surface area contributed by atoms with Crippen LogP contribution < -0.4 is 10.1 Å². The lowest BCUT2D eigenvalue weighted by atomic mass is 9.75. The molecule has 1 spiro atoms. The van der Waals surface area contributed by atoms with Crippen molar-refractivity contribution < 1.29 is 13.9 Å². The van der Waals surface area contributed by atoms with E-state index in [-0.39, 0.29) is 5.60 Å². The van der Waals surface area contributed by atoms with Crippen LogP contribution in [0.25, 0.3) is 11.2 Å². The molecule has 8 nitrogen and oxygen atoms in total. The van der Waals surface area contributed by atoms with E-state index in [9.17, 15) is 0 Å². The van der Waals surface area contributed by atoms with Crippen molar-refractivity contribution in [3.05, 3.63) is 12.1 Å². The molecule has 0 aliphatic carbocycles. The lowest BCUT2D eigenvalue weighted by Gasteiger charge is -2.50. The monoisotopic (exact) mass is 329 g/mol. The first-order chi connectivity index (χ1) is 11.7. The van der Waals surface area contributed by atoms with Crippen LogP contribution in [0, 0.1) is 5.92 Å². The van der Waals surface area contributed by atoms with Crippen LogP contribution in [-0.2, 0) is 4.74 Å². The molecule has 2 aromatic rings. The Kier molecular flexibility index (Phi) is 2.97. The zero-order valence-corrected chi connectivity index (χ0v) is 13.5. The van der Waals surface area contributed by atoms with Gasteiger partial charge >= 0.3 is 6.01 Å². The summed E-state index contributed by atoms with van der Waals surface area (Å²) in [6.07, 6.45) is 2.38. The molecule has 3 saturated heterocycles. The third-order valence-corrected chi connectivity index (χ3v) is 5.27. The Morgan fingerprint density at radius 3 is 2.92 bits per heavy atom. The van der Waals surface area contributed by atoms with E-state index in [0.717, 1.165) is 6.54 Å². The molecule has 6 heterocycles. The Labute approximate surface area is 138 Å². The highest BCUT2D eigenvalue weighted by atomic mass is 16.5. The lowest BCUT2D eigenvalue weighted by Crippen LogP contribution is -2.61. The summed E-state index contributed by atoms with van der Waals surface area (Å²) in [4.78, 5) is 15.6. The van der Waals surface area contributed by atoms with Gasteiger partial charge in [-0.1, -0.05) is 0 Å². The van der Waals surface area contributed by atoms with Crippen molar-refractivity contribution in [3.8, 4) is 5.88 Å². The second-order valence-corrected chi connectivity index (χ2v) is 6.66. The number of hydrogen-bond donors (Lipinski definition) is 1. The highest BCUT2D eigenvalue weighted by molar-refractivity contribution is 5.89. The van der Waals surface area contributed by atoms with Gasteiger partial charge in [0, 0.05) is 18.5 Å². The van der Waals surface area contributed by atoms with Crippen LogP contribution >= 0.6 is 0 Å². The minimum absolute atomic E-state index is 0.174. The summed E-state index contributed by atoms with van der Waals surface area (Å²) in [6.45, 7) is 4.01. The van der Waals surface area contributed by atoms with E-state index in [2.05, 4.69) is 25.2 Å². The van der Waals surface area contributed by atoms with Gasteiger partial charge in [-0.3, -0.25) is 10.2 Å². The molecule has 24 heavy (non-hydrogen) atoms. The van der Waals surface area contributed by atoms with Gasteiger partial charge in [0.2, 0.25) is 5.88 Å². The van der Waals surface area contributed by atoms with Crippen molar-refractivity contribution in [2.24, 2.45) is 10.9 Å². The summed E-state index contributed by atoms with van der Waals surface area (Å²) < 4.78 is 16.9. The molecule has 1 N–H and O–H groups in total. The fourth-order valence-corrected chi connectivity index (χ4v) is 4.01. The summed E-state index contributed by atoms with van der Waals surface area (Å²) >= 11 is 0. The second-order valence-electron chi connectivity index (χ2n) is 6.66. The van der Waals surface area contributed by atoms with Gasteiger partial charge in [-0.15, -0.1) is 0 Å². The maximum Gasteiger partial charge on any atom is 0.305 e. The van der Waals surface area contributed by atoms with Crippen molar-refractivity contribution >= 4 is 23.3 Å². The molecule has 6 rings (SSSR count). The highest BCUT2D eigenvalue weighted by Gasteiger charge is 2.51. The van der Waals surface area contributed by atoms with Gasteiger partial charge in [-0.05, 0) is 32.0 Å². The molecule has 0 radical (unpaired) electrons. The fraction of sp³-hybridized carbons (Fsp3) is 0.562. The predicted octanol–water partition coefficient (Wildman–Crippen LogP) is 1.49. The Hall–Kier alpha value is -2.35. The van der Waals surface area contributed by atoms with Crippen LogP contribution in [0.15, 0.2) is 21.5 Å². The van der Waals surface area contributed by atoms with E-state index < -0.39 is 0 Å². The molecular formula is C16H19N5O3. The van der Waals surface area contributed by atoms with E-state index in [0.29, 0.717) is 41.6 Å². The number of pyridine rings is 1. The number of anilines is 1. The molecule has 0 amide bonds. The third kappa shape index (κ3) is 2.13. The van der Waals surface area contributed by atoms with E-state index in [1.54, 1.807) is 13.2 Å². The maximum atomic E-state index is 6.22. The van der Waals surface area contributed by atoms with Gasteiger partial charge in [0.1, 0.15) is 11.1 Å². The molecule has 2 aromatic heterocycles. The number of piperidine rings is 3. The van der Waals surface area contributed by atoms with Crippen LogP contribution in [-0.4, -0.2) is 59.8 Å². The van der Waals surface area contributed by atoms with E-state index in [4.69, 9.17) is 13.9 Å². The molecule has 8 heteroatoms. The first-order valence-electron chi connectivity index (χ1n) is 8.28. The van der Waals surface area contributed by atoms with Crippen LogP contribution in [0.1, 0.15) is 12.8 Å². The standard InChI is InChI=1S/C16H19N5O3/c1-22-12-3-2-11-13(19-12)23-15(18-11)20-14-17-8-16(24-14)9-21-6-4-10(16)5-7-21/h2-3,10H,4-9H2,1H3,(H,17,18,20). The van der Waals surface area contributed by atoms with Gasteiger partial charge in [-0.25, -0.2) is 4.99 Å². The summed E-state index contributed by atoms with van der Waals surface area (Å²) in [5, 5.41) is 3.05. The fourth-order valence-electron chi connectivity index (χ4n) is 4.01. The second kappa shape index (κ2) is 5.07.